The highest BCUT2D eigenvalue weighted by molar-refractivity contribution is 5.92. The number of alkyl carbamates (subject to hydrolysis) is 1. The van der Waals surface area contributed by atoms with Gasteiger partial charge in [0, 0.05) is 13.5 Å². The zero-order valence-corrected chi connectivity index (χ0v) is 18.5. The summed E-state index contributed by atoms with van der Waals surface area (Å²) in [5.74, 6) is -1.93. The first kappa shape index (κ1) is 26.4. The molecule has 0 radical (unpaired) electrons. The molecule has 0 aliphatic rings. The smallest absolute Gasteiger partial charge is 0.408 e. The monoisotopic (exact) mass is 413 g/mol. The molecule has 0 aliphatic carbocycles. The Morgan fingerprint density at radius 2 is 1.62 bits per heavy atom. The van der Waals surface area contributed by atoms with E-state index in [2.05, 4.69) is 22.5 Å². The minimum Gasteiger partial charge on any atom is -0.460 e. The Morgan fingerprint density at radius 3 is 2.07 bits per heavy atom. The Labute approximate surface area is 173 Å². The fraction of sp³-hybridized carbons (Fsp3) is 0.700. The van der Waals surface area contributed by atoms with Crippen LogP contribution in [0.1, 0.15) is 54.9 Å². The van der Waals surface area contributed by atoms with Gasteiger partial charge in [0.2, 0.25) is 11.8 Å². The van der Waals surface area contributed by atoms with Crippen molar-refractivity contribution in [3.8, 4) is 0 Å². The molecule has 0 aromatic rings. The molecule has 0 aromatic carbocycles. The van der Waals surface area contributed by atoms with E-state index in [1.54, 1.807) is 27.7 Å². The van der Waals surface area contributed by atoms with Gasteiger partial charge in [0.05, 0.1) is 0 Å². The van der Waals surface area contributed by atoms with Crippen molar-refractivity contribution in [1.29, 1.82) is 0 Å². The zero-order valence-electron chi connectivity index (χ0n) is 18.5. The summed E-state index contributed by atoms with van der Waals surface area (Å²) in [5, 5.41) is 7.71. The van der Waals surface area contributed by atoms with Gasteiger partial charge in [-0.3, -0.25) is 14.4 Å². The molecule has 3 amide bonds. The zero-order chi connectivity index (χ0) is 22.8. The molecule has 29 heavy (non-hydrogen) atoms. The van der Waals surface area contributed by atoms with Crippen LogP contribution in [0.25, 0.3) is 0 Å². The molecular weight excluding hydrogens is 378 g/mol. The van der Waals surface area contributed by atoms with Crippen LogP contribution in [0.15, 0.2) is 12.7 Å². The lowest BCUT2D eigenvalue weighted by Gasteiger charge is -2.29. The lowest BCUT2D eigenvalue weighted by atomic mass is 9.97. The predicted molar refractivity (Wildman–Crippen MR) is 109 cm³/mol. The molecule has 0 saturated heterocycles. The summed E-state index contributed by atoms with van der Waals surface area (Å²) in [7, 11) is 0. The van der Waals surface area contributed by atoms with Gasteiger partial charge in [0.15, 0.2) is 0 Å². The molecule has 0 rings (SSSR count). The molecule has 0 spiro atoms. The topological polar surface area (TPSA) is 123 Å². The number of ether oxygens (including phenoxy) is 2. The number of amides is 3. The van der Waals surface area contributed by atoms with Crippen molar-refractivity contribution in [2.24, 2.45) is 5.92 Å². The molecule has 0 unspecified atom stereocenters. The molecule has 0 heterocycles. The molecule has 9 nitrogen and oxygen atoms in total. The normalized spacial score (nSPS) is 15.1. The quantitative estimate of drug-likeness (QED) is 0.370. The van der Waals surface area contributed by atoms with Crippen molar-refractivity contribution in [1.82, 2.24) is 16.0 Å². The fourth-order valence-corrected chi connectivity index (χ4v) is 2.39. The lowest BCUT2D eigenvalue weighted by Crippen LogP contribution is -2.59. The van der Waals surface area contributed by atoms with Crippen molar-refractivity contribution in [3.05, 3.63) is 12.7 Å². The van der Waals surface area contributed by atoms with Gasteiger partial charge in [-0.25, -0.2) is 4.79 Å². The lowest BCUT2D eigenvalue weighted by molar-refractivity contribution is -0.150. The second-order valence-electron chi connectivity index (χ2n) is 7.84. The van der Waals surface area contributed by atoms with Crippen molar-refractivity contribution in [2.45, 2.75) is 78.7 Å². The van der Waals surface area contributed by atoms with E-state index in [9.17, 15) is 19.2 Å². The minimum absolute atomic E-state index is 0.183. The van der Waals surface area contributed by atoms with Gasteiger partial charge < -0.3 is 25.4 Å². The molecule has 3 N–H and O–H groups in total. The van der Waals surface area contributed by atoms with Crippen LogP contribution in [0.3, 0.4) is 0 Å². The third kappa shape index (κ3) is 10.5. The Bertz CT molecular complexity index is 600. The summed E-state index contributed by atoms with van der Waals surface area (Å²) in [5.41, 5.74) is -0.725. The van der Waals surface area contributed by atoms with E-state index >= 15 is 0 Å². The third-order valence-corrected chi connectivity index (χ3v) is 3.99. The molecule has 0 aliphatic heterocycles. The maximum atomic E-state index is 12.9. The first-order chi connectivity index (χ1) is 13.3. The second kappa shape index (κ2) is 12.1. The third-order valence-electron chi connectivity index (χ3n) is 3.99. The van der Waals surface area contributed by atoms with E-state index in [0.29, 0.717) is 6.42 Å². The van der Waals surface area contributed by atoms with Gasteiger partial charge in [-0.1, -0.05) is 26.3 Å². The number of carbonyl (C=O) groups excluding carboxylic acids is 4. The summed E-state index contributed by atoms with van der Waals surface area (Å²) in [6.45, 7) is 15.2. The maximum absolute atomic E-state index is 12.9. The highest BCUT2D eigenvalue weighted by Gasteiger charge is 2.34. The molecule has 9 heteroatoms. The predicted octanol–water partition coefficient (Wildman–Crippen LogP) is 1.66. The van der Waals surface area contributed by atoms with Crippen molar-refractivity contribution in [3.63, 3.8) is 0 Å². The van der Waals surface area contributed by atoms with E-state index < -0.39 is 47.7 Å². The molecule has 0 bridgehead atoms. The first-order valence-corrected chi connectivity index (χ1v) is 9.68. The molecule has 4 atom stereocenters. The number of hydrogen-bond donors (Lipinski definition) is 3. The van der Waals surface area contributed by atoms with Gasteiger partial charge in [-0.15, -0.1) is 6.58 Å². The second-order valence-corrected chi connectivity index (χ2v) is 7.84. The SMILES string of the molecule is C=CCNC(=O)[C@@H](NC(=O)[C@@H](NC(=O)OC(C)(C)C)[C@@H](C)CC)[C@H](C)OC(C)=O. The average Bonchev–Trinajstić information content (AvgIpc) is 2.58. The van der Waals surface area contributed by atoms with Gasteiger partial charge in [-0.05, 0) is 33.6 Å². The van der Waals surface area contributed by atoms with Crippen molar-refractivity contribution < 1.29 is 28.7 Å². The van der Waals surface area contributed by atoms with Crippen LogP contribution >= 0.6 is 0 Å². The molecule has 166 valence electrons. The highest BCUT2D eigenvalue weighted by Crippen LogP contribution is 2.12. The van der Waals surface area contributed by atoms with Crippen LogP contribution in [0.5, 0.6) is 0 Å². The number of rotatable bonds is 10. The van der Waals surface area contributed by atoms with Crippen LogP contribution in [-0.4, -0.2) is 54.2 Å². The number of nitrogens with one attached hydrogen (secondary N) is 3. The Kier molecular flexibility index (Phi) is 11.0. The van der Waals surface area contributed by atoms with Gasteiger partial charge >= 0.3 is 12.1 Å². The van der Waals surface area contributed by atoms with Crippen molar-refractivity contribution in [2.75, 3.05) is 6.54 Å². The summed E-state index contributed by atoms with van der Waals surface area (Å²) in [4.78, 5) is 48.8. The molecular formula is C20H35N3O6. The van der Waals surface area contributed by atoms with E-state index in [0.717, 1.165) is 0 Å². The Hall–Kier alpha value is -2.58. The van der Waals surface area contributed by atoms with Crippen LogP contribution in [0, 0.1) is 5.92 Å². The summed E-state index contributed by atoms with van der Waals surface area (Å²) in [6.07, 6.45) is 0.430. The molecule has 0 fully saturated rings. The average molecular weight is 414 g/mol. The largest absolute Gasteiger partial charge is 0.460 e. The van der Waals surface area contributed by atoms with Gasteiger partial charge in [0.25, 0.3) is 0 Å². The molecule has 0 saturated carbocycles. The fourth-order valence-electron chi connectivity index (χ4n) is 2.39. The van der Waals surface area contributed by atoms with Gasteiger partial charge in [-0.2, -0.15) is 0 Å². The summed E-state index contributed by atoms with van der Waals surface area (Å²) < 4.78 is 10.3. The number of esters is 1. The Balaban J connectivity index is 5.47. The standard InChI is InChI=1S/C20H35N3O6/c1-9-11-21-17(25)16(13(4)28-14(5)24)22-18(26)15(12(3)10-2)23-19(27)29-20(6,7)8/h9,12-13,15-16H,1,10-11H2,2-8H3,(H,21,25)(H,22,26)(H,23,27)/t12-,13-,15-,16-/m0/s1. The summed E-state index contributed by atoms with van der Waals surface area (Å²) in [6, 6.07) is -2.08. The van der Waals surface area contributed by atoms with Crippen LogP contribution in [-0.2, 0) is 23.9 Å². The van der Waals surface area contributed by atoms with E-state index in [1.807, 2.05) is 6.92 Å². The van der Waals surface area contributed by atoms with Crippen molar-refractivity contribution >= 4 is 23.9 Å². The minimum atomic E-state index is -1.14. The van der Waals surface area contributed by atoms with E-state index in [1.165, 1.54) is 19.9 Å². The Morgan fingerprint density at radius 1 is 1.03 bits per heavy atom. The number of hydrogen-bond acceptors (Lipinski definition) is 6. The van der Waals surface area contributed by atoms with E-state index in [-0.39, 0.29) is 12.5 Å². The van der Waals surface area contributed by atoms with Crippen LogP contribution in [0.4, 0.5) is 4.79 Å². The summed E-state index contributed by atoms with van der Waals surface area (Å²) >= 11 is 0. The maximum Gasteiger partial charge on any atom is 0.408 e. The first-order valence-electron chi connectivity index (χ1n) is 9.68. The highest BCUT2D eigenvalue weighted by atomic mass is 16.6. The number of carbonyl (C=O) groups is 4. The van der Waals surface area contributed by atoms with E-state index in [4.69, 9.17) is 9.47 Å². The molecule has 0 aromatic heterocycles. The van der Waals surface area contributed by atoms with Gasteiger partial charge in [0.1, 0.15) is 23.8 Å². The van der Waals surface area contributed by atoms with Crippen LogP contribution in [0.2, 0.25) is 0 Å². The van der Waals surface area contributed by atoms with Crippen LogP contribution < -0.4 is 16.0 Å².